The molecule has 3 aromatic rings. The van der Waals surface area contributed by atoms with Gasteiger partial charge in [0.05, 0.1) is 6.04 Å². The van der Waals surface area contributed by atoms with E-state index >= 15 is 0 Å². The summed E-state index contributed by atoms with van der Waals surface area (Å²) in [6, 6.07) is 12.3. The molecule has 0 spiro atoms. The van der Waals surface area contributed by atoms with Crippen molar-refractivity contribution in [1.82, 2.24) is 20.4 Å². The Balaban J connectivity index is 1.49. The van der Waals surface area contributed by atoms with E-state index in [1.54, 1.807) is 12.4 Å². The molecule has 124 valence electrons. The zero-order valence-electron chi connectivity index (χ0n) is 13.9. The van der Waals surface area contributed by atoms with E-state index in [0.717, 1.165) is 29.5 Å². The molecule has 1 aliphatic heterocycles. The lowest BCUT2D eigenvalue weighted by atomic mass is 10.1. The molecule has 25 heavy (non-hydrogen) atoms. The van der Waals surface area contributed by atoms with Gasteiger partial charge in [-0.3, -0.25) is 4.98 Å². The van der Waals surface area contributed by atoms with E-state index in [2.05, 4.69) is 39.2 Å². The third-order valence-corrected chi connectivity index (χ3v) is 4.29. The summed E-state index contributed by atoms with van der Waals surface area (Å²) in [4.78, 5) is 8.52. The fourth-order valence-electron chi connectivity index (χ4n) is 2.90. The number of hydrogen-bond acceptors (Lipinski definition) is 5. The molecule has 0 saturated carbocycles. The van der Waals surface area contributed by atoms with Crippen LogP contribution in [0.4, 0.5) is 0 Å². The zero-order chi connectivity index (χ0) is 17.1. The lowest BCUT2D eigenvalue weighted by Gasteiger charge is -2.05. The van der Waals surface area contributed by atoms with Crippen LogP contribution in [0.3, 0.4) is 0 Å². The molecule has 5 heteroatoms. The van der Waals surface area contributed by atoms with E-state index in [1.165, 1.54) is 0 Å². The van der Waals surface area contributed by atoms with E-state index in [-0.39, 0.29) is 6.04 Å². The Morgan fingerprint density at radius 2 is 1.72 bits per heavy atom. The highest BCUT2D eigenvalue weighted by Crippen LogP contribution is 2.26. The third kappa shape index (κ3) is 3.59. The molecule has 1 saturated heterocycles. The van der Waals surface area contributed by atoms with E-state index in [9.17, 15) is 0 Å². The van der Waals surface area contributed by atoms with Gasteiger partial charge in [0, 0.05) is 35.1 Å². The van der Waals surface area contributed by atoms with Crippen LogP contribution < -0.4 is 5.32 Å². The van der Waals surface area contributed by atoms with E-state index < -0.39 is 0 Å². The van der Waals surface area contributed by atoms with Crippen molar-refractivity contribution in [2.45, 2.75) is 31.8 Å². The highest BCUT2D eigenvalue weighted by molar-refractivity contribution is 5.56. The highest BCUT2D eigenvalue weighted by Gasteiger charge is 2.26. The van der Waals surface area contributed by atoms with Gasteiger partial charge in [-0.2, -0.15) is 4.98 Å². The van der Waals surface area contributed by atoms with Crippen LogP contribution in [-0.2, 0) is 0 Å². The molecular formula is C20H18N4O. The normalized spacial score (nSPS) is 19.4. The summed E-state index contributed by atoms with van der Waals surface area (Å²) in [6.07, 6.45) is 5.64. The lowest BCUT2D eigenvalue weighted by Crippen LogP contribution is -2.20. The first-order valence-electron chi connectivity index (χ1n) is 8.40. The molecule has 1 aromatic carbocycles. The Morgan fingerprint density at radius 3 is 2.40 bits per heavy atom. The lowest BCUT2D eigenvalue weighted by molar-refractivity contribution is 0.341. The largest absolute Gasteiger partial charge is 0.337 e. The van der Waals surface area contributed by atoms with Crippen LogP contribution >= 0.6 is 0 Å². The summed E-state index contributed by atoms with van der Waals surface area (Å²) in [5, 5.41) is 7.57. The van der Waals surface area contributed by atoms with Gasteiger partial charge in [-0.05, 0) is 56.2 Å². The molecule has 3 heterocycles. The van der Waals surface area contributed by atoms with Gasteiger partial charge in [0.15, 0.2) is 0 Å². The molecule has 5 nitrogen and oxygen atoms in total. The zero-order valence-corrected chi connectivity index (χ0v) is 13.9. The van der Waals surface area contributed by atoms with Crippen LogP contribution in [0.5, 0.6) is 0 Å². The van der Waals surface area contributed by atoms with Crippen LogP contribution in [0.15, 0.2) is 53.3 Å². The molecule has 0 radical (unpaired) electrons. The van der Waals surface area contributed by atoms with Crippen molar-refractivity contribution < 1.29 is 4.52 Å². The van der Waals surface area contributed by atoms with E-state index in [1.807, 2.05) is 36.4 Å². The summed E-state index contributed by atoms with van der Waals surface area (Å²) in [7, 11) is 0. The monoisotopic (exact) mass is 330 g/mol. The summed E-state index contributed by atoms with van der Waals surface area (Å²) < 4.78 is 5.43. The van der Waals surface area contributed by atoms with Gasteiger partial charge in [0.25, 0.3) is 0 Å². The average molecular weight is 330 g/mol. The Labute approximate surface area is 146 Å². The second-order valence-corrected chi connectivity index (χ2v) is 6.22. The molecule has 0 aliphatic carbocycles. The van der Waals surface area contributed by atoms with Crippen LogP contribution in [0.25, 0.3) is 11.4 Å². The number of benzene rings is 1. The Bertz CT molecular complexity index is 906. The van der Waals surface area contributed by atoms with Crippen molar-refractivity contribution in [1.29, 1.82) is 0 Å². The highest BCUT2D eigenvalue weighted by atomic mass is 16.5. The minimum Gasteiger partial charge on any atom is -0.337 e. The Morgan fingerprint density at radius 1 is 1.00 bits per heavy atom. The minimum atomic E-state index is 0.168. The van der Waals surface area contributed by atoms with Gasteiger partial charge >= 0.3 is 0 Å². The number of nitrogens with one attached hydrogen (secondary N) is 1. The number of aromatic nitrogens is 3. The van der Waals surface area contributed by atoms with Gasteiger partial charge in [0.1, 0.15) is 0 Å². The minimum absolute atomic E-state index is 0.168. The molecule has 1 fully saturated rings. The van der Waals surface area contributed by atoms with Crippen LogP contribution in [0.1, 0.15) is 42.8 Å². The Kier molecular flexibility index (Phi) is 4.28. The molecule has 1 aliphatic rings. The topological polar surface area (TPSA) is 63.8 Å². The fourth-order valence-corrected chi connectivity index (χ4v) is 2.90. The van der Waals surface area contributed by atoms with Crippen molar-refractivity contribution in [3.8, 4) is 23.2 Å². The van der Waals surface area contributed by atoms with Crippen molar-refractivity contribution in [3.63, 3.8) is 0 Å². The molecule has 2 unspecified atom stereocenters. The van der Waals surface area contributed by atoms with E-state index in [0.29, 0.717) is 17.8 Å². The standard InChI is InChI=1S/C20H18N4O/c1-14-2-9-18(22-14)20-23-19(24-25-20)17-7-5-15(6-8-17)3-4-16-10-12-21-13-11-16/h5-8,10-14,18,22H,2,9H2,1H3. The van der Waals surface area contributed by atoms with Gasteiger partial charge in [0.2, 0.25) is 11.7 Å². The van der Waals surface area contributed by atoms with E-state index in [4.69, 9.17) is 4.52 Å². The number of pyridine rings is 1. The van der Waals surface area contributed by atoms with Gasteiger partial charge < -0.3 is 9.84 Å². The summed E-state index contributed by atoms with van der Waals surface area (Å²) >= 11 is 0. The summed E-state index contributed by atoms with van der Waals surface area (Å²) in [6.45, 7) is 2.17. The van der Waals surface area contributed by atoms with Crippen LogP contribution in [0, 0.1) is 11.8 Å². The maximum absolute atomic E-state index is 5.43. The number of rotatable bonds is 2. The first-order valence-corrected chi connectivity index (χ1v) is 8.40. The fraction of sp³-hybridized carbons (Fsp3) is 0.250. The summed E-state index contributed by atoms with van der Waals surface area (Å²) in [5.74, 6) is 7.54. The quantitative estimate of drug-likeness (QED) is 0.730. The molecule has 0 amide bonds. The maximum atomic E-state index is 5.43. The van der Waals surface area contributed by atoms with Crippen molar-refractivity contribution in [3.05, 3.63) is 65.8 Å². The Hall–Kier alpha value is -2.97. The number of hydrogen-bond donors (Lipinski definition) is 1. The van der Waals surface area contributed by atoms with Gasteiger partial charge in [-0.1, -0.05) is 17.0 Å². The van der Waals surface area contributed by atoms with Crippen LogP contribution in [-0.4, -0.2) is 21.2 Å². The van der Waals surface area contributed by atoms with Crippen molar-refractivity contribution in [2.75, 3.05) is 0 Å². The van der Waals surface area contributed by atoms with Gasteiger partial charge in [-0.25, -0.2) is 0 Å². The summed E-state index contributed by atoms with van der Waals surface area (Å²) in [5.41, 5.74) is 2.81. The maximum Gasteiger partial charge on any atom is 0.244 e. The predicted molar refractivity (Wildman–Crippen MR) is 94.5 cm³/mol. The van der Waals surface area contributed by atoms with Gasteiger partial charge in [-0.15, -0.1) is 0 Å². The smallest absolute Gasteiger partial charge is 0.244 e. The SMILES string of the molecule is CC1CCC(c2nc(-c3ccc(C#Cc4ccncc4)cc3)no2)N1. The molecule has 0 bridgehead atoms. The first kappa shape index (κ1) is 15.6. The van der Waals surface area contributed by atoms with Crippen molar-refractivity contribution >= 4 is 0 Å². The molecule has 1 N–H and O–H groups in total. The number of nitrogens with zero attached hydrogens (tertiary/aromatic N) is 3. The molecule has 4 rings (SSSR count). The van der Waals surface area contributed by atoms with Crippen molar-refractivity contribution in [2.24, 2.45) is 0 Å². The van der Waals surface area contributed by atoms with Crippen LogP contribution in [0.2, 0.25) is 0 Å². The third-order valence-electron chi connectivity index (χ3n) is 4.29. The molecule has 2 aromatic heterocycles. The molecular weight excluding hydrogens is 312 g/mol. The average Bonchev–Trinajstić information content (AvgIpc) is 3.30. The first-order chi connectivity index (χ1) is 12.3. The second-order valence-electron chi connectivity index (χ2n) is 6.22. The molecule has 2 atom stereocenters. The predicted octanol–water partition coefficient (Wildman–Crippen LogP) is 3.34. The second kappa shape index (κ2) is 6.88.